The molecule has 0 saturated heterocycles. The second-order valence-corrected chi connectivity index (χ2v) is 4.99. The summed E-state index contributed by atoms with van der Waals surface area (Å²) in [6.45, 7) is 0.674. The van der Waals surface area contributed by atoms with E-state index in [1.807, 2.05) is 6.20 Å². The van der Waals surface area contributed by atoms with Crippen LogP contribution in [0.2, 0.25) is 0 Å². The molecule has 2 aromatic rings. The third-order valence-electron chi connectivity index (χ3n) is 1.48. The second-order valence-electron chi connectivity index (χ2n) is 2.50. The van der Waals surface area contributed by atoms with Gasteiger partial charge in [-0.25, -0.2) is 4.98 Å². The van der Waals surface area contributed by atoms with Gasteiger partial charge in [0.15, 0.2) is 0 Å². The van der Waals surface area contributed by atoms with E-state index in [-0.39, 0.29) is 0 Å². The minimum absolute atomic E-state index is 0.538. The molecular weight excluding hydrogens is 252 g/mol. The molecule has 0 bridgehead atoms. The standard InChI is InChI=1S/C7H7BrN4S/c8-5-3-10-7(13-5)4-12-2-1-6(9)11-12/h1-3H,4H2,(H2,9,11). The molecular formula is C7H7BrN4S. The molecule has 0 aromatic carbocycles. The van der Waals surface area contributed by atoms with Gasteiger partial charge in [-0.2, -0.15) is 5.10 Å². The normalized spacial score (nSPS) is 10.5. The Morgan fingerprint density at radius 1 is 1.62 bits per heavy atom. The molecule has 2 rings (SSSR count). The van der Waals surface area contributed by atoms with Crippen molar-refractivity contribution in [1.29, 1.82) is 0 Å². The van der Waals surface area contributed by atoms with Crippen molar-refractivity contribution in [3.63, 3.8) is 0 Å². The number of aromatic nitrogens is 3. The predicted octanol–water partition coefficient (Wildman–Crippen LogP) is 1.73. The number of nitrogens with two attached hydrogens (primary N) is 1. The monoisotopic (exact) mass is 258 g/mol. The van der Waals surface area contributed by atoms with Crippen LogP contribution in [0.15, 0.2) is 22.2 Å². The van der Waals surface area contributed by atoms with Crippen molar-refractivity contribution in [3.05, 3.63) is 27.3 Å². The average molecular weight is 259 g/mol. The first-order valence-electron chi connectivity index (χ1n) is 3.63. The highest BCUT2D eigenvalue weighted by molar-refractivity contribution is 9.11. The Labute approximate surface area is 87.5 Å². The number of hydrogen-bond acceptors (Lipinski definition) is 4. The maximum Gasteiger partial charge on any atom is 0.145 e. The molecule has 6 heteroatoms. The van der Waals surface area contributed by atoms with E-state index in [1.54, 1.807) is 28.3 Å². The number of halogens is 1. The van der Waals surface area contributed by atoms with E-state index in [2.05, 4.69) is 26.0 Å². The summed E-state index contributed by atoms with van der Waals surface area (Å²) in [5.74, 6) is 0.538. The zero-order valence-corrected chi connectivity index (χ0v) is 9.05. The Morgan fingerprint density at radius 2 is 2.46 bits per heavy atom. The lowest BCUT2D eigenvalue weighted by Crippen LogP contribution is -2.00. The summed E-state index contributed by atoms with van der Waals surface area (Å²) in [5, 5.41) is 5.07. The zero-order chi connectivity index (χ0) is 9.26. The van der Waals surface area contributed by atoms with Gasteiger partial charge in [0.05, 0.1) is 16.5 Å². The maximum atomic E-state index is 5.48. The van der Waals surface area contributed by atoms with Crippen LogP contribution in [0, 0.1) is 0 Å². The summed E-state index contributed by atoms with van der Waals surface area (Å²) in [6.07, 6.45) is 3.62. The third kappa shape index (κ3) is 2.07. The van der Waals surface area contributed by atoms with E-state index in [0.717, 1.165) is 8.79 Å². The van der Waals surface area contributed by atoms with Crippen LogP contribution in [-0.4, -0.2) is 14.8 Å². The lowest BCUT2D eigenvalue weighted by Gasteiger charge is -1.95. The minimum atomic E-state index is 0.538. The predicted molar refractivity (Wildman–Crippen MR) is 55.6 cm³/mol. The largest absolute Gasteiger partial charge is 0.382 e. The first kappa shape index (κ1) is 8.71. The number of hydrogen-bond donors (Lipinski definition) is 1. The SMILES string of the molecule is Nc1ccn(Cc2ncc(Br)s2)n1. The Bertz CT molecular complexity index is 370. The molecule has 0 spiro atoms. The Hall–Kier alpha value is -0.880. The molecule has 0 aliphatic carbocycles. The summed E-state index contributed by atoms with van der Waals surface area (Å²) in [4.78, 5) is 4.19. The topological polar surface area (TPSA) is 56.7 Å². The van der Waals surface area contributed by atoms with Crippen LogP contribution < -0.4 is 5.73 Å². The van der Waals surface area contributed by atoms with Crippen LogP contribution in [0.25, 0.3) is 0 Å². The fraction of sp³-hybridized carbons (Fsp3) is 0.143. The van der Waals surface area contributed by atoms with Crippen LogP contribution in [0.3, 0.4) is 0 Å². The van der Waals surface area contributed by atoms with Crippen molar-refractivity contribution in [2.75, 3.05) is 5.73 Å². The first-order valence-corrected chi connectivity index (χ1v) is 5.24. The maximum absolute atomic E-state index is 5.48. The molecule has 0 atom stereocenters. The molecule has 2 heterocycles. The van der Waals surface area contributed by atoms with Crippen molar-refractivity contribution in [2.45, 2.75) is 6.54 Å². The molecule has 0 saturated carbocycles. The molecule has 68 valence electrons. The summed E-state index contributed by atoms with van der Waals surface area (Å²) < 4.78 is 2.79. The van der Waals surface area contributed by atoms with E-state index in [4.69, 9.17) is 5.73 Å². The number of nitrogens with zero attached hydrogens (tertiary/aromatic N) is 3. The van der Waals surface area contributed by atoms with Gasteiger partial charge in [-0.15, -0.1) is 11.3 Å². The summed E-state index contributed by atoms with van der Waals surface area (Å²) in [5.41, 5.74) is 5.48. The van der Waals surface area contributed by atoms with Crippen molar-refractivity contribution >= 4 is 33.1 Å². The van der Waals surface area contributed by atoms with Crippen LogP contribution in [0.4, 0.5) is 5.82 Å². The van der Waals surface area contributed by atoms with Gasteiger partial charge in [-0.1, -0.05) is 0 Å². The molecule has 0 amide bonds. The average Bonchev–Trinajstić information content (AvgIpc) is 2.62. The molecule has 0 radical (unpaired) electrons. The van der Waals surface area contributed by atoms with Crippen LogP contribution in [0.1, 0.15) is 5.01 Å². The molecule has 4 nitrogen and oxygen atoms in total. The van der Waals surface area contributed by atoms with Gasteiger partial charge < -0.3 is 5.73 Å². The molecule has 0 fully saturated rings. The Kier molecular flexibility index (Phi) is 2.32. The highest BCUT2D eigenvalue weighted by Crippen LogP contribution is 2.19. The third-order valence-corrected chi connectivity index (χ3v) is 2.94. The van der Waals surface area contributed by atoms with Gasteiger partial charge in [0, 0.05) is 6.20 Å². The Balaban J connectivity index is 2.14. The minimum Gasteiger partial charge on any atom is -0.382 e. The summed E-state index contributed by atoms with van der Waals surface area (Å²) in [6, 6.07) is 1.77. The number of rotatable bonds is 2. The summed E-state index contributed by atoms with van der Waals surface area (Å²) >= 11 is 4.95. The lowest BCUT2D eigenvalue weighted by atomic mass is 10.6. The molecule has 13 heavy (non-hydrogen) atoms. The van der Waals surface area contributed by atoms with E-state index in [0.29, 0.717) is 12.4 Å². The fourth-order valence-electron chi connectivity index (χ4n) is 0.965. The van der Waals surface area contributed by atoms with E-state index in [1.165, 1.54) is 0 Å². The summed E-state index contributed by atoms with van der Waals surface area (Å²) in [7, 11) is 0. The van der Waals surface area contributed by atoms with Gasteiger partial charge in [0.2, 0.25) is 0 Å². The molecule has 0 unspecified atom stereocenters. The van der Waals surface area contributed by atoms with Crippen molar-refractivity contribution < 1.29 is 0 Å². The fourth-order valence-corrected chi connectivity index (χ4v) is 2.26. The smallest absolute Gasteiger partial charge is 0.145 e. The Morgan fingerprint density at radius 3 is 3.00 bits per heavy atom. The second kappa shape index (κ2) is 3.47. The first-order chi connectivity index (χ1) is 6.24. The number of nitrogen functional groups attached to an aromatic ring is 1. The van der Waals surface area contributed by atoms with Gasteiger partial charge in [-0.3, -0.25) is 4.68 Å². The van der Waals surface area contributed by atoms with Crippen LogP contribution in [-0.2, 0) is 6.54 Å². The molecule has 0 aliphatic heterocycles. The number of anilines is 1. The quantitative estimate of drug-likeness (QED) is 0.893. The van der Waals surface area contributed by atoms with E-state index in [9.17, 15) is 0 Å². The van der Waals surface area contributed by atoms with Gasteiger partial charge in [0.1, 0.15) is 10.8 Å². The molecule has 2 aromatic heterocycles. The van der Waals surface area contributed by atoms with Crippen LogP contribution >= 0.6 is 27.3 Å². The molecule has 0 aliphatic rings. The van der Waals surface area contributed by atoms with Crippen molar-refractivity contribution in [2.24, 2.45) is 0 Å². The van der Waals surface area contributed by atoms with E-state index < -0.39 is 0 Å². The highest BCUT2D eigenvalue weighted by Gasteiger charge is 2.01. The van der Waals surface area contributed by atoms with Gasteiger partial charge >= 0.3 is 0 Å². The van der Waals surface area contributed by atoms with Gasteiger partial charge in [0.25, 0.3) is 0 Å². The number of thiazole rings is 1. The van der Waals surface area contributed by atoms with E-state index >= 15 is 0 Å². The van der Waals surface area contributed by atoms with Crippen molar-refractivity contribution in [3.8, 4) is 0 Å². The lowest BCUT2D eigenvalue weighted by molar-refractivity contribution is 0.686. The molecule has 2 N–H and O–H groups in total. The van der Waals surface area contributed by atoms with Gasteiger partial charge in [-0.05, 0) is 22.0 Å². The van der Waals surface area contributed by atoms with Crippen LogP contribution in [0.5, 0.6) is 0 Å². The zero-order valence-electron chi connectivity index (χ0n) is 6.64. The highest BCUT2D eigenvalue weighted by atomic mass is 79.9. The van der Waals surface area contributed by atoms with Crippen molar-refractivity contribution in [1.82, 2.24) is 14.8 Å².